The molecule has 0 aliphatic heterocycles. The van der Waals surface area contributed by atoms with Crippen molar-refractivity contribution in [3.8, 4) is 0 Å². The van der Waals surface area contributed by atoms with Gasteiger partial charge in [-0.1, -0.05) is 81.4 Å². The first kappa shape index (κ1) is 27.1. The summed E-state index contributed by atoms with van der Waals surface area (Å²) < 4.78 is 0. The van der Waals surface area contributed by atoms with E-state index in [1.54, 1.807) is 0 Å². The normalized spacial score (nSPS) is 12.0. The van der Waals surface area contributed by atoms with Crippen LogP contribution >= 0.6 is 7.92 Å². The zero-order chi connectivity index (χ0) is 16.2. The van der Waals surface area contributed by atoms with Gasteiger partial charge in [0, 0.05) is 12.2 Å². The predicted molar refractivity (Wildman–Crippen MR) is 101 cm³/mol. The third-order valence-electron chi connectivity index (χ3n) is 3.92. The fourth-order valence-electron chi connectivity index (χ4n) is 2.77. The molecule has 0 saturated carbocycles. The van der Waals surface area contributed by atoms with Crippen LogP contribution in [0, 0.1) is 5.41 Å². The van der Waals surface area contributed by atoms with Gasteiger partial charge in [-0.2, -0.15) is 0 Å². The molecule has 0 aromatic heterocycles. The molecule has 25 heavy (non-hydrogen) atoms. The van der Waals surface area contributed by atoms with Crippen molar-refractivity contribution in [2.75, 3.05) is 20.6 Å². The van der Waals surface area contributed by atoms with Crippen molar-refractivity contribution < 1.29 is 41.3 Å². The Balaban J connectivity index is 0. The first-order chi connectivity index (χ1) is 10.4. The Labute approximate surface area is 177 Å². The van der Waals surface area contributed by atoms with Crippen LogP contribution in [0.25, 0.3) is 0 Å². The number of benzene rings is 2. The second-order valence-electron chi connectivity index (χ2n) is 7.19. The van der Waals surface area contributed by atoms with Gasteiger partial charge in [-0.15, -0.1) is 0 Å². The van der Waals surface area contributed by atoms with Crippen molar-refractivity contribution in [3.05, 3.63) is 60.7 Å². The van der Waals surface area contributed by atoms with Crippen molar-refractivity contribution >= 4 is 18.5 Å². The predicted octanol–water partition coefficient (Wildman–Crippen LogP) is -1.90. The van der Waals surface area contributed by atoms with Crippen LogP contribution in [0.4, 0.5) is 0 Å². The van der Waals surface area contributed by atoms with Crippen LogP contribution < -0.4 is 35.4 Å². The summed E-state index contributed by atoms with van der Waals surface area (Å²) in [5, 5.41) is 2.95. The van der Waals surface area contributed by atoms with Crippen LogP contribution in [0.3, 0.4) is 0 Å². The Morgan fingerprint density at radius 1 is 0.800 bits per heavy atom. The number of nitrogens with zero attached hydrogens (tertiary/aromatic N) is 1. The van der Waals surface area contributed by atoms with Gasteiger partial charge in [0.25, 0.3) is 0 Å². The van der Waals surface area contributed by atoms with Crippen LogP contribution in [-0.2, 0) is 16.5 Å². The molecule has 0 amide bonds. The second-order valence-corrected chi connectivity index (χ2v) is 9.58. The van der Waals surface area contributed by atoms with Gasteiger partial charge in [0.1, 0.15) is 0 Å². The largest absolute Gasteiger partial charge is 2.00 e. The molecule has 0 radical (unpaired) electrons. The molecule has 0 heterocycles. The maximum absolute atomic E-state index is 2.38. The molecular formula is C20H28Cl2NNiP. The average molecular weight is 443 g/mol. The Morgan fingerprint density at radius 3 is 1.44 bits per heavy atom. The molecule has 5 heteroatoms. The zero-order valence-corrected chi connectivity index (χ0v) is 18.9. The van der Waals surface area contributed by atoms with E-state index in [1.807, 2.05) is 0 Å². The summed E-state index contributed by atoms with van der Waals surface area (Å²) in [6, 6.07) is 22.1. The topological polar surface area (TPSA) is 3.24 Å². The van der Waals surface area contributed by atoms with E-state index in [0.29, 0.717) is 5.66 Å². The molecule has 2 aromatic carbocycles. The van der Waals surface area contributed by atoms with E-state index in [1.165, 1.54) is 10.6 Å². The summed E-state index contributed by atoms with van der Waals surface area (Å²) in [6.45, 7) is 8.24. The number of hydrogen-bond donors (Lipinski definition) is 0. The molecule has 1 atom stereocenters. The van der Waals surface area contributed by atoms with Crippen molar-refractivity contribution in [2.24, 2.45) is 5.41 Å². The number of hydrogen-bond acceptors (Lipinski definition) is 1. The number of rotatable bonds is 5. The van der Waals surface area contributed by atoms with Gasteiger partial charge >= 0.3 is 16.5 Å². The third kappa shape index (κ3) is 7.98. The molecule has 142 valence electrons. The Hall–Kier alpha value is -0.0965. The van der Waals surface area contributed by atoms with Crippen LogP contribution in [0.2, 0.25) is 0 Å². The van der Waals surface area contributed by atoms with Crippen LogP contribution in [0.1, 0.15) is 20.8 Å². The minimum Gasteiger partial charge on any atom is -1.00 e. The molecule has 0 aliphatic rings. The summed E-state index contributed by atoms with van der Waals surface area (Å²) in [4.78, 5) is 2.33. The molecule has 1 nitrogen and oxygen atoms in total. The zero-order valence-electron chi connectivity index (χ0n) is 15.5. The van der Waals surface area contributed by atoms with Crippen molar-refractivity contribution in [1.29, 1.82) is 0 Å². The minimum absolute atomic E-state index is 0. The quantitative estimate of drug-likeness (QED) is 0.386. The van der Waals surface area contributed by atoms with Gasteiger partial charge < -0.3 is 29.7 Å². The average Bonchev–Trinajstić information content (AvgIpc) is 2.47. The molecule has 0 spiro atoms. The van der Waals surface area contributed by atoms with E-state index in [4.69, 9.17) is 0 Å². The van der Waals surface area contributed by atoms with Crippen molar-refractivity contribution in [1.82, 2.24) is 4.90 Å². The Bertz CT molecular complexity index is 534. The van der Waals surface area contributed by atoms with Gasteiger partial charge in [-0.25, -0.2) is 0 Å². The smallest absolute Gasteiger partial charge is 1.00 e. The van der Waals surface area contributed by atoms with E-state index < -0.39 is 0 Å². The maximum atomic E-state index is 2.38. The summed E-state index contributed by atoms with van der Waals surface area (Å²) in [5.41, 5.74) is 0.879. The second kappa shape index (κ2) is 12.3. The summed E-state index contributed by atoms with van der Waals surface area (Å²) >= 11 is 0. The van der Waals surface area contributed by atoms with Gasteiger partial charge in [0.15, 0.2) is 0 Å². The fourth-order valence-corrected chi connectivity index (χ4v) is 6.04. The van der Waals surface area contributed by atoms with E-state index in [-0.39, 0.29) is 54.6 Å². The summed E-state index contributed by atoms with van der Waals surface area (Å²) in [5.74, 6) is 0. The van der Waals surface area contributed by atoms with E-state index in [2.05, 4.69) is 100 Å². The maximum Gasteiger partial charge on any atom is 2.00 e. The van der Waals surface area contributed by atoms with E-state index >= 15 is 0 Å². The molecule has 2 aromatic rings. The molecular weight excluding hydrogens is 415 g/mol. The molecule has 0 unspecified atom stereocenters. The third-order valence-corrected chi connectivity index (χ3v) is 7.19. The van der Waals surface area contributed by atoms with Crippen LogP contribution in [0.15, 0.2) is 60.7 Å². The Morgan fingerprint density at radius 2 is 1.16 bits per heavy atom. The molecule has 0 N–H and O–H groups in total. The summed E-state index contributed by atoms with van der Waals surface area (Å²) in [7, 11) is 3.99. The number of halogens is 2. The first-order valence-electron chi connectivity index (χ1n) is 7.93. The minimum atomic E-state index is -0.377. The van der Waals surface area contributed by atoms with Crippen molar-refractivity contribution in [2.45, 2.75) is 26.4 Å². The van der Waals surface area contributed by atoms with Crippen molar-refractivity contribution in [3.63, 3.8) is 0 Å². The molecule has 2 rings (SSSR count). The van der Waals surface area contributed by atoms with Crippen LogP contribution in [-0.4, -0.2) is 31.2 Å². The van der Waals surface area contributed by atoms with E-state index in [9.17, 15) is 0 Å². The monoisotopic (exact) mass is 441 g/mol. The summed E-state index contributed by atoms with van der Waals surface area (Å²) in [6.07, 6.45) is 0. The van der Waals surface area contributed by atoms with Gasteiger partial charge in [-0.3, -0.25) is 0 Å². The van der Waals surface area contributed by atoms with E-state index in [0.717, 1.165) is 6.54 Å². The molecule has 0 fully saturated rings. The fraction of sp³-hybridized carbons (Fsp3) is 0.400. The van der Waals surface area contributed by atoms with Gasteiger partial charge in [0.05, 0.1) is 0 Å². The molecule has 0 bridgehead atoms. The van der Waals surface area contributed by atoms with Gasteiger partial charge in [-0.05, 0) is 38.0 Å². The van der Waals surface area contributed by atoms with Gasteiger partial charge in [0.2, 0.25) is 0 Å². The molecule has 0 aliphatic carbocycles. The molecule has 0 saturated heterocycles. The van der Waals surface area contributed by atoms with Crippen LogP contribution in [0.5, 0.6) is 0 Å². The Kier molecular flexibility index (Phi) is 13.4. The first-order valence-corrected chi connectivity index (χ1v) is 9.35. The SMILES string of the molecule is CN(C)C[C@H](P(c1ccccc1)c1ccccc1)C(C)(C)C.[Cl-].[Cl-].[Ni+2]. The standard InChI is InChI=1S/C20H28NP.2ClH.Ni/c1-20(2,3)19(16-21(4)5)22(17-12-8-6-9-13-17)18-14-10-7-11-15-18;;;/h6-15,19H,16H2,1-5H3;2*1H;/q;;;+2/p-2/t19-;;;/m0.../s1.